The second kappa shape index (κ2) is 6.28. The van der Waals surface area contributed by atoms with E-state index in [0.29, 0.717) is 13.1 Å². The Morgan fingerprint density at radius 3 is 2.29 bits per heavy atom. The van der Waals surface area contributed by atoms with Crippen LogP contribution in [0.2, 0.25) is 0 Å². The Hall–Kier alpha value is -1.18. The summed E-state index contributed by atoms with van der Waals surface area (Å²) in [7, 11) is -3.04. The zero-order valence-corrected chi connectivity index (χ0v) is 15.7. The molecule has 0 spiro atoms. The molecule has 7 heteroatoms. The number of aromatic nitrogens is 2. The Morgan fingerprint density at radius 2 is 1.67 bits per heavy atom. The van der Waals surface area contributed by atoms with Gasteiger partial charge in [-0.1, -0.05) is 28.1 Å². The zero-order valence-electron chi connectivity index (χ0n) is 13.3. The van der Waals surface area contributed by atoms with Crippen molar-refractivity contribution in [3.05, 3.63) is 41.1 Å². The lowest BCUT2D eigenvalue weighted by Crippen LogP contribution is -2.40. The van der Waals surface area contributed by atoms with Crippen LogP contribution in [0.25, 0.3) is 11.1 Å². The molecule has 5 nitrogen and oxygen atoms in total. The van der Waals surface area contributed by atoms with E-state index in [1.807, 2.05) is 23.0 Å². The van der Waals surface area contributed by atoms with Crippen LogP contribution in [0.5, 0.6) is 0 Å². The second-order valence-electron chi connectivity index (χ2n) is 6.59. The lowest BCUT2D eigenvalue weighted by Gasteiger charge is -2.31. The van der Waals surface area contributed by atoms with Gasteiger partial charge in [-0.25, -0.2) is 12.7 Å². The molecule has 0 unspecified atom stereocenters. The number of hydrogen-bond donors (Lipinski definition) is 0. The van der Waals surface area contributed by atoms with Gasteiger partial charge in [-0.15, -0.1) is 0 Å². The number of rotatable bonds is 4. The third-order valence-electron chi connectivity index (χ3n) is 4.88. The number of benzene rings is 1. The highest BCUT2D eigenvalue weighted by Gasteiger charge is 2.41. The van der Waals surface area contributed by atoms with Crippen LogP contribution >= 0.6 is 15.9 Å². The molecule has 1 aliphatic carbocycles. The van der Waals surface area contributed by atoms with Crippen LogP contribution in [-0.2, 0) is 10.0 Å². The van der Waals surface area contributed by atoms with Gasteiger partial charge in [0.15, 0.2) is 0 Å². The average Bonchev–Trinajstić information content (AvgIpc) is 3.35. The van der Waals surface area contributed by atoms with Gasteiger partial charge in [0.05, 0.1) is 17.5 Å². The largest absolute Gasteiger partial charge is 0.269 e. The normalized spacial score (nSPS) is 20.4. The maximum absolute atomic E-state index is 12.3. The van der Waals surface area contributed by atoms with Crippen LogP contribution in [0.15, 0.2) is 41.1 Å². The summed E-state index contributed by atoms with van der Waals surface area (Å²) in [5, 5.41) is 4.40. The molecule has 0 radical (unpaired) electrons. The molecule has 1 aliphatic heterocycles. The first-order valence-electron chi connectivity index (χ1n) is 8.33. The van der Waals surface area contributed by atoms with Gasteiger partial charge in [-0.3, -0.25) is 4.68 Å². The number of sulfonamides is 1. The Labute approximate surface area is 150 Å². The predicted octanol–water partition coefficient (Wildman–Crippen LogP) is 3.44. The van der Waals surface area contributed by atoms with E-state index in [4.69, 9.17) is 0 Å². The van der Waals surface area contributed by atoms with Crippen LogP contribution in [0, 0.1) is 0 Å². The van der Waals surface area contributed by atoms with E-state index in [1.165, 1.54) is 0 Å². The minimum Gasteiger partial charge on any atom is -0.269 e. The topological polar surface area (TPSA) is 55.2 Å². The van der Waals surface area contributed by atoms with Crippen molar-refractivity contribution in [3.63, 3.8) is 0 Å². The second-order valence-corrected chi connectivity index (χ2v) is 9.72. The predicted molar refractivity (Wildman–Crippen MR) is 97.1 cm³/mol. The van der Waals surface area contributed by atoms with Crippen molar-refractivity contribution in [1.82, 2.24) is 14.1 Å². The quantitative estimate of drug-likeness (QED) is 0.776. The summed E-state index contributed by atoms with van der Waals surface area (Å²) in [6.45, 7) is 1.22. The van der Waals surface area contributed by atoms with Gasteiger partial charge in [-0.2, -0.15) is 5.10 Å². The van der Waals surface area contributed by atoms with Crippen molar-refractivity contribution in [2.24, 2.45) is 0 Å². The van der Waals surface area contributed by atoms with Gasteiger partial charge in [-0.05, 0) is 43.4 Å². The standard InChI is InChI=1S/C17H20BrN3O2S/c18-15-3-1-13(2-4-15)14-11-19-21(12-14)16-7-9-20(10-8-16)24(22,23)17-5-6-17/h1-4,11-12,16-17H,5-10H2. The average molecular weight is 410 g/mol. The van der Waals surface area contributed by atoms with Gasteiger partial charge in [0.25, 0.3) is 0 Å². The van der Waals surface area contributed by atoms with E-state index in [9.17, 15) is 8.42 Å². The lowest BCUT2D eigenvalue weighted by atomic mass is 10.1. The molecule has 24 heavy (non-hydrogen) atoms. The molecule has 0 N–H and O–H groups in total. The Kier molecular flexibility index (Phi) is 4.26. The molecule has 1 aromatic heterocycles. The number of hydrogen-bond acceptors (Lipinski definition) is 3. The van der Waals surface area contributed by atoms with Crippen molar-refractivity contribution in [2.45, 2.75) is 37.0 Å². The summed E-state index contributed by atoms with van der Waals surface area (Å²) < 4.78 is 29.4. The van der Waals surface area contributed by atoms with Crippen LogP contribution in [0.4, 0.5) is 0 Å². The SMILES string of the molecule is O=S(=O)(C1CC1)N1CCC(n2cc(-c3ccc(Br)cc3)cn2)CC1. The molecule has 2 aromatic rings. The highest BCUT2D eigenvalue weighted by molar-refractivity contribution is 9.10. The maximum atomic E-state index is 12.3. The summed E-state index contributed by atoms with van der Waals surface area (Å²) in [5.74, 6) is 0. The van der Waals surface area contributed by atoms with Gasteiger partial charge < -0.3 is 0 Å². The molecule has 128 valence electrons. The minimum atomic E-state index is -3.04. The molecule has 1 saturated carbocycles. The van der Waals surface area contributed by atoms with Gasteiger partial charge in [0.2, 0.25) is 10.0 Å². The van der Waals surface area contributed by atoms with E-state index in [2.05, 4.69) is 39.4 Å². The van der Waals surface area contributed by atoms with E-state index >= 15 is 0 Å². The lowest BCUT2D eigenvalue weighted by molar-refractivity contribution is 0.261. The first-order valence-corrected chi connectivity index (χ1v) is 10.6. The smallest absolute Gasteiger partial charge is 0.216 e. The van der Waals surface area contributed by atoms with Crippen LogP contribution in [0.1, 0.15) is 31.7 Å². The van der Waals surface area contributed by atoms with Gasteiger partial charge in [0.1, 0.15) is 0 Å². The van der Waals surface area contributed by atoms with Crippen LogP contribution < -0.4 is 0 Å². The maximum Gasteiger partial charge on any atom is 0.216 e. The molecule has 0 bridgehead atoms. The van der Waals surface area contributed by atoms with E-state index in [0.717, 1.165) is 41.3 Å². The molecule has 0 atom stereocenters. The number of piperidine rings is 1. The summed E-state index contributed by atoms with van der Waals surface area (Å²) in [5.41, 5.74) is 2.23. The first kappa shape index (κ1) is 16.3. The first-order chi connectivity index (χ1) is 11.5. The molecular weight excluding hydrogens is 390 g/mol. The number of nitrogens with zero attached hydrogens (tertiary/aromatic N) is 3. The molecule has 1 saturated heterocycles. The third kappa shape index (κ3) is 3.17. The van der Waals surface area contributed by atoms with E-state index < -0.39 is 10.0 Å². The molecule has 2 aliphatic rings. The highest BCUT2D eigenvalue weighted by atomic mass is 79.9. The number of halogens is 1. The fourth-order valence-electron chi connectivity index (χ4n) is 3.27. The third-order valence-corrected chi connectivity index (χ3v) is 7.81. The fraction of sp³-hybridized carbons (Fsp3) is 0.471. The minimum absolute atomic E-state index is 0.109. The molecule has 2 heterocycles. The molecule has 0 amide bonds. The molecule has 1 aromatic carbocycles. The molecule has 2 fully saturated rings. The molecule has 4 rings (SSSR count). The van der Waals surface area contributed by atoms with Crippen LogP contribution in [0.3, 0.4) is 0 Å². The van der Waals surface area contributed by atoms with Crippen LogP contribution in [-0.4, -0.2) is 40.8 Å². The van der Waals surface area contributed by atoms with Gasteiger partial charge >= 0.3 is 0 Å². The summed E-state index contributed by atoms with van der Waals surface area (Å²) in [6.07, 6.45) is 7.27. The Bertz CT molecular complexity index is 820. The van der Waals surface area contributed by atoms with Gasteiger partial charge in [0, 0.05) is 29.3 Å². The Balaban J connectivity index is 1.44. The van der Waals surface area contributed by atoms with E-state index in [-0.39, 0.29) is 11.3 Å². The molecular formula is C17H20BrN3O2S. The van der Waals surface area contributed by atoms with E-state index in [1.54, 1.807) is 4.31 Å². The Morgan fingerprint density at radius 1 is 1.00 bits per heavy atom. The van der Waals surface area contributed by atoms with Crippen molar-refractivity contribution >= 4 is 26.0 Å². The fourth-order valence-corrected chi connectivity index (χ4v) is 5.40. The monoisotopic (exact) mass is 409 g/mol. The van der Waals surface area contributed by atoms with Crippen molar-refractivity contribution in [3.8, 4) is 11.1 Å². The summed E-state index contributed by atoms with van der Waals surface area (Å²) in [6, 6.07) is 8.45. The van der Waals surface area contributed by atoms with Crippen molar-refractivity contribution in [2.75, 3.05) is 13.1 Å². The van der Waals surface area contributed by atoms with Crippen molar-refractivity contribution in [1.29, 1.82) is 0 Å². The van der Waals surface area contributed by atoms with Crippen molar-refractivity contribution < 1.29 is 8.42 Å². The zero-order chi connectivity index (χ0) is 16.7. The summed E-state index contributed by atoms with van der Waals surface area (Å²) in [4.78, 5) is 0. The summed E-state index contributed by atoms with van der Waals surface area (Å²) >= 11 is 3.45. The highest BCUT2D eigenvalue weighted by Crippen LogP contribution is 2.34.